The first-order valence-corrected chi connectivity index (χ1v) is 8.44. The lowest BCUT2D eigenvalue weighted by Gasteiger charge is -2.34. The van der Waals surface area contributed by atoms with Crippen LogP contribution in [-0.4, -0.2) is 16.0 Å². The third kappa shape index (κ3) is 4.38. The van der Waals surface area contributed by atoms with Gasteiger partial charge >= 0.3 is 0 Å². The van der Waals surface area contributed by atoms with Crippen molar-refractivity contribution in [1.82, 2.24) is 15.5 Å². The number of aromatic nitrogens is 2. The number of nitrogens with one attached hydrogen (secondary N) is 1. The molecule has 1 aliphatic rings. The van der Waals surface area contributed by atoms with Gasteiger partial charge in [0.15, 0.2) is 5.82 Å². The van der Waals surface area contributed by atoms with Crippen LogP contribution in [0.15, 0.2) is 34.9 Å². The number of nitrogens with zero attached hydrogens (tertiary/aromatic N) is 2. The van der Waals surface area contributed by atoms with Gasteiger partial charge in [-0.25, -0.2) is 0 Å². The minimum absolute atomic E-state index is 0. The number of carbonyl (C=O) groups excluding carboxylic acids is 1. The molecule has 1 fully saturated rings. The van der Waals surface area contributed by atoms with Gasteiger partial charge in [-0.15, -0.1) is 12.4 Å². The highest BCUT2D eigenvalue weighted by Gasteiger charge is 2.39. The summed E-state index contributed by atoms with van der Waals surface area (Å²) in [6.07, 6.45) is 3.16. The first-order chi connectivity index (χ1) is 11.5. The van der Waals surface area contributed by atoms with Gasteiger partial charge in [0.25, 0.3) is 0 Å². The number of nitrogens with two attached hydrogens (primary N) is 1. The van der Waals surface area contributed by atoms with E-state index < -0.39 is 5.54 Å². The molecule has 1 aliphatic carbocycles. The van der Waals surface area contributed by atoms with Gasteiger partial charge in [0.05, 0.1) is 12.0 Å². The van der Waals surface area contributed by atoms with Crippen molar-refractivity contribution < 1.29 is 9.32 Å². The highest BCUT2D eigenvalue weighted by Crippen LogP contribution is 2.37. The molecule has 136 valence electrons. The van der Waals surface area contributed by atoms with E-state index in [1.54, 1.807) is 0 Å². The summed E-state index contributed by atoms with van der Waals surface area (Å²) in [5, 5.41) is 7.05. The number of carbonyl (C=O) groups is 1. The van der Waals surface area contributed by atoms with Gasteiger partial charge < -0.3 is 15.6 Å². The SMILES string of the molecule is CC(C)C(NC(=O)Cc1ccccc1)c1nc(C2(N)CCC2)no1.Cl. The van der Waals surface area contributed by atoms with Gasteiger partial charge in [-0.3, -0.25) is 4.79 Å². The third-order valence-corrected chi connectivity index (χ3v) is 4.59. The van der Waals surface area contributed by atoms with E-state index in [1.165, 1.54) is 0 Å². The zero-order valence-electron chi connectivity index (χ0n) is 14.6. The Hall–Kier alpha value is -1.92. The Morgan fingerprint density at radius 3 is 2.56 bits per heavy atom. The third-order valence-electron chi connectivity index (χ3n) is 4.59. The summed E-state index contributed by atoms with van der Waals surface area (Å²) in [5.41, 5.74) is 6.76. The van der Waals surface area contributed by atoms with Crippen molar-refractivity contribution in [3.63, 3.8) is 0 Å². The number of halogens is 1. The Kier molecular flexibility index (Phi) is 6.19. The molecular formula is C18H25ClN4O2. The summed E-state index contributed by atoms with van der Waals surface area (Å²) in [6, 6.07) is 9.33. The molecule has 1 atom stereocenters. The Morgan fingerprint density at radius 1 is 1.32 bits per heavy atom. The van der Waals surface area contributed by atoms with Crippen LogP contribution in [-0.2, 0) is 16.8 Å². The largest absolute Gasteiger partial charge is 0.344 e. The van der Waals surface area contributed by atoms with Gasteiger partial charge in [0, 0.05) is 0 Å². The second-order valence-corrected chi connectivity index (χ2v) is 6.92. The van der Waals surface area contributed by atoms with Crippen molar-refractivity contribution in [2.45, 2.75) is 51.1 Å². The average Bonchev–Trinajstić information content (AvgIpc) is 3.01. The van der Waals surface area contributed by atoms with E-state index >= 15 is 0 Å². The predicted octanol–water partition coefficient (Wildman–Crippen LogP) is 2.89. The van der Waals surface area contributed by atoms with Crippen molar-refractivity contribution in [3.8, 4) is 0 Å². The normalized spacial score (nSPS) is 16.6. The van der Waals surface area contributed by atoms with Crippen molar-refractivity contribution in [3.05, 3.63) is 47.6 Å². The van der Waals surface area contributed by atoms with Crippen LogP contribution in [0.5, 0.6) is 0 Å². The zero-order chi connectivity index (χ0) is 17.2. The maximum absolute atomic E-state index is 12.3. The van der Waals surface area contributed by atoms with Gasteiger partial charge in [-0.2, -0.15) is 4.98 Å². The lowest BCUT2D eigenvalue weighted by Crippen LogP contribution is -2.44. The summed E-state index contributed by atoms with van der Waals surface area (Å²) in [7, 11) is 0. The predicted molar refractivity (Wildman–Crippen MR) is 97.1 cm³/mol. The highest BCUT2D eigenvalue weighted by atomic mass is 35.5. The van der Waals surface area contributed by atoms with E-state index in [0.717, 1.165) is 24.8 Å². The zero-order valence-corrected chi connectivity index (χ0v) is 15.4. The lowest BCUT2D eigenvalue weighted by molar-refractivity contribution is -0.121. The maximum atomic E-state index is 12.3. The van der Waals surface area contributed by atoms with Gasteiger partial charge in [-0.1, -0.05) is 49.3 Å². The van der Waals surface area contributed by atoms with Crippen molar-refractivity contribution >= 4 is 18.3 Å². The van der Waals surface area contributed by atoms with Crippen LogP contribution in [0.4, 0.5) is 0 Å². The molecule has 0 spiro atoms. The lowest BCUT2D eigenvalue weighted by atomic mass is 9.77. The van der Waals surface area contributed by atoms with E-state index in [1.807, 2.05) is 44.2 Å². The van der Waals surface area contributed by atoms with E-state index in [2.05, 4.69) is 15.5 Å². The molecule has 0 radical (unpaired) electrons. The number of benzene rings is 1. The van der Waals surface area contributed by atoms with E-state index in [0.29, 0.717) is 18.1 Å². The molecule has 1 heterocycles. The Bertz CT molecular complexity index is 698. The Labute approximate surface area is 154 Å². The molecule has 1 unspecified atom stereocenters. The summed E-state index contributed by atoms with van der Waals surface area (Å²) in [6.45, 7) is 4.03. The van der Waals surface area contributed by atoms with Crippen LogP contribution < -0.4 is 11.1 Å². The standard InChI is InChI=1S/C18H24N4O2.ClH/c1-12(2)15(20-14(23)11-13-7-4-3-5-8-13)16-21-17(22-24-16)18(19)9-6-10-18;/h3-5,7-8,12,15H,6,9-11,19H2,1-2H3,(H,20,23);1H. The molecule has 1 aromatic heterocycles. The summed E-state index contributed by atoms with van der Waals surface area (Å²) in [5.74, 6) is 1.05. The fraction of sp³-hybridized carbons (Fsp3) is 0.500. The van der Waals surface area contributed by atoms with E-state index in [4.69, 9.17) is 10.3 Å². The average molecular weight is 365 g/mol. The number of rotatable bonds is 6. The molecule has 25 heavy (non-hydrogen) atoms. The fourth-order valence-electron chi connectivity index (χ4n) is 2.86. The van der Waals surface area contributed by atoms with Crippen LogP contribution >= 0.6 is 12.4 Å². The minimum atomic E-state index is -0.461. The molecule has 6 nitrogen and oxygen atoms in total. The molecule has 3 N–H and O–H groups in total. The molecule has 7 heteroatoms. The van der Waals surface area contributed by atoms with Crippen LogP contribution in [0.3, 0.4) is 0 Å². The highest BCUT2D eigenvalue weighted by molar-refractivity contribution is 5.85. The first kappa shape index (κ1) is 19.4. The molecule has 1 saturated carbocycles. The molecule has 3 rings (SSSR count). The molecular weight excluding hydrogens is 340 g/mol. The smallest absolute Gasteiger partial charge is 0.249 e. The summed E-state index contributed by atoms with van der Waals surface area (Å²) in [4.78, 5) is 16.8. The first-order valence-electron chi connectivity index (χ1n) is 8.44. The minimum Gasteiger partial charge on any atom is -0.344 e. The van der Waals surface area contributed by atoms with Gasteiger partial charge in [-0.05, 0) is 30.7 Å². The van der Waals surface area contributed by atoms with Crippen molar-refractivity contribution in [1.29, 1.82) is 0 Å². The second kappa shape index (κ2) is 7.97. The van der Waals surface area contributed by atoms with Crippen LogP contribution in [0.1, 0.15) is 56.4 Å². The molecule has 0 bridgehead atoms. The Morgan fingerprint density at radius 2 is 2.00 bits per heavy atom. The van der Waals surface area contributed by atoms with E-state index in [9.17, 15) is 4.79 Å². The summed E-state index contributed by atoms with van der Waals surface area (Å²) < 4.78 is 5.41. The second-order valence-electron chi connectivity index (χ2n) is 6.92. The number of amides is 1. The van der Waals surface area contributed by atoms with Crippen LogP contribution in [0.2, 0.25) is 0 Å². The molecule has 2 aromatic rings. The van der Waals surface area contributed by atoms with E-state index in [-0.39, 0.29) is 30.3 Å². The molecule has 0 aliphatic heterocycles. The monoisotopic (exact) mass is 364 g/mol. The van der Waals surface area contributed by atoms with Crippen molar-refractivity contribution in [2.24, 2.45) is 11.7 Å². The van der Waals surface area contributed by atoms with Crippen LogP contribution in [0, 0.1) is 5.92 Å². The maximum Gasteiger partial charge on any atom is 0.249 e. The molecule has 1 amide bonds. The summed E-state index contributed by atoms with van der Waals surface area (Å²) >= 11 is 0. The molecule has 0 saturated heterocycles. The van der Waals surface area contributed by atoms with Gasteiger partial charge in [0.1, 0.15) is 6.04 Å². The topological polar surface area (TPSA) is 94.0 Å². The fourth-order valence-corrected chi connectivity index (χ4v) is 2.86. The van der Waals surface area contributed by atoms with Gasteiger partial charge in [0.2, 0.25) is 11.8 Å². The van der Waals surface area contributed by atoms with Crippen molar-refractivity contribution in [2.75, 3.05) is 0 Å². The molecule has 1 aromatic carbocycles. The van der Waals surface area contributed by atoms with Crippen LogP contribution in [0.25, 0.3) is 0 Å². The number of hydrogen-bond donors (Lipinski definition) is 2. The quantitative estimate of drug-likeness (QED) is 0.821. The number of hydrogen-bond acceptors (Lipinski definition) is 5. The Balaban J connectivity index is 0.00000225.